The van der Waals surface area contributed by atoms with Gasteiger partial charge in [-0.2, -0.15) is 5.10 Å². The van der Waals surface area contributed by atoms with Crippen LogP contribution >= 0.6 is 0 Å². The van der Waals surface area contributed by atoms with Gasteiger partial charge in [0.2, 0.25) is 11.8 Å². The van der Waals surface area contributed by atoms with E-state index in [1.807, 2.05) is 24.7 Å². The highest BCUT2D eigenvalue weighted by atomic mass is 16.2. The lowest BCUT2D eigenvalue weighted by atomic mass is 9.93. The predicted molar refractivity (Wildman–Crippen MR) is 57.7 cm³/mol. The third-order valence-corrected chi connectivity index (χ3v) is 2.79. The molecule has 1 aliphatic heterocycles. The minimum absolute atomic E-state index is 0.183. The Morgan fingerprint density at radius 2 is 2.25 bits per heavy atom. The van der Waals surface area contributed by atoms with Crippen LogP contribution in [0, 0.1) is 0 Å². The average Bonchev–Trinajstić information content (AvgIpc) is 2.66. The van der Waals surface area contributed by atoms with E-state index in [1.165, 1.54) is 0 Å². The van der Waals surface area contributed by atoms with Crippen LogP contribution in [0.1, 0.15) is 44.2 Å². The highest BCUT2D eigenvalue weighted by Gasteiger charge is 2.28. The van der Waals surface area contributed by atoms with Crippen LogP contribution in [-0.2, 0) is 9.59 Å². The summed E-state index contributed by atoms with van der Waals surface area (Å²) in [5, 5.41) is 6.55. The number of piperidine rings is 1. The largest absolute Gasteiger partial charge is 0.296 e. The summed E-state index contributed by atoms with van der Waals surface area (Å²) in [5.41, 5.74) is 0.888. The van der Waals surface area contributed by atoms with Crippen molar-refractivity contribution in [2.24, 2.45) is 0 Å². The molecular formula is C11H15N3O2. The van der Waals surface area contributed by atoms with Crippen molar-refractivity contribution in [3.8, 4) is 0 Å². The van der Waals surface area contributed by atoms with E-state index in [9.17, 15) is 9.59 Å². The van der Waals surface area contributed by atoms with Crippen LogP contribution in [0.4, 0.5) is 0 Å². The molecule has 2 amide bonds. The number of hydrogen-bond donors (Lipinski definition) is 1. The van der Waals surface area contributed by atoms with E-state index in [-0.39, 0.29) is 23.8 Å². The Kier molecular flexibility index (Phi) is 2.77. The molecule has 0 radical (unpaired) electrons. The molecule has 0 saturated carbocycles. The summed E-state index contributed by atoms with van der Waals surface area (Å²) in [6, 6.07) is 0.280. The number of aromatic nitrogens is 2. The van der Waals surface area contributed by atoms with Crippen LogP contribution in [0.5, 0.6) is 0 Å². The number of carbonyl (C=O) groups is 2. The van der Waals surface area contributed by atoms with Crippen LogP contribution in [-0.4, -0.2) is 21.6 Å². The molecule has 5 nitrogen and oxygen atoms in total. The lowest BCUT2D eigenvalue weighted by Gasteiger charge is -2.19. The van der Waals surface area contributed by atoms with Gasteiger partial charge in [-0.15, -0.1) is 0 Å². The molecule has 1 fully saturated rings. The maximum atomic E-state index is 11.6. The summed E-state index contributed by atoms with van der Waals surface area (Å²) in [6.45, 7) is 4.06. The smallest absolute Gasteiger partial charge is 0.234 e. The van der Waals surface area contributed by atoms with E-state index in [0.29, 0.717) is 12.8 Å². The Bertz CT molecular complexity index is 423. The van der Waals surface area contributed by atoms with Gasteiger partial charge in [-0.3, -0.25) is 19.6 Å². The fraction of sp³-hybridized carbons (Fsp3) is 0.545. The van der Waals surface area contributed by atoms with E-state index in [1.54, 1.807) is 6.20 Å². The first kappa shape index (κ1) is 10.9. The van der Waals surface area contributed by atoms with Crippen LogP contribution in [0.2, 0.25) is 0 Å². The molecule has 5 heteroatoms. The van der Waals surface area contributed by atoms with E-state index in [4.69, 9.17) is 0 Å². The van der Waals surface area contributed by atoms with Crippen LogP contribution in [0.25, 0.3) is 0 Å². The monoisotopic (exact) mass is 221 g/mol. The first-order valence-corrected chi connectivity index (χ1v) is 5.45. The van der Waals surface area contributed by atoms with Crippen molar-refractivity contribution in [1.29, 1.82) is 0 Å². The summed E-state index contributed by atoms with van der Waals surface area (Å²) >= 11 is 0. The van der Waals surface area contributed by atoms with Crippen molar-refractivity contribution in [3.05, 3.63) is 18.0 Å². The Morgan fingerprint density at radius 3 is 2.81 bits per heavy atom. The Balaban J connectivity index is 2.17. The van der Waals surface area contributed by atoms with Gasteiger partial charge in [0.25, 0.3) is 0 Å². The highest BCUT2D eigenvalue weighted by Crippen LogP contribution is 2.24. The first-order chi connectivity index (χ1) is 7.58. The molecule has 1 aromatic rings. The number of rotatable bonds is 2. The lowest BCUT2D eigenvalue weighted by Crippen LogP contribution is -2.39. The van der Waals surface area contributed by atoms with Gasteiger partial charge in [-0.05, 0) is 20.3 Å². The van der Waals surface area contributed by atoms with E-state index in [2.05, 4.69) is 10.4 Å². The Labute approximate surface area is 93.8 Å². The summed E-state index contributed by atoms with van der Waals surface area (Å²) in [6.07, 6.45) is 4.57. The zero-order valence-electron chi connectivity index (χ0n) is 9.43. The number of nitrogens with zero attached hydrogens (tertiary/aromatic N) is 2. The maximum absolute atomic E-state index is 11.6. The molecule has 0 bridgehead atoms. The van der Waals surface area contributed by atoms with Crippen molar-refractivity contribution in [3.63, 3.8) is 0 Å². The maximum Gasteiger partial charge on any atom is 0.234 e. The molecule has 2 rings (SSSR count). The van der Waals surface area contributed by atoms with E-state index < -0.39 is 0 Å². The average molecular weight is 221 g/mol. The molecule has 0 spiro atoms. The molecule has 1 unspecified atom stereocenters. The zero-order chi connectivity index (χ0) is 11.7. The van der Waals surface area contributed by atoms with Crippen molar-refractivity contribution in [1.82, 2.24) is 15.1 Å². The van der Waals surface area contributed by atoms with Crippen LogP contribution in [0.15, 0.2) is 12.4 Å². The van der Waals surface area contributed by atoms with Gasteiger partial charge in [0, 0.05) is 24.2 Å². The molecule has 86 valence electrons. The molecule has 16 heavy (non-hydrogen) atoms. The van der Waals surface area contributed by atoms with Crippen LogP contribution < -0.4 is 5.32 Å². The molecule has 1 aliphatic rings. The fourth-order valence-electron chi connectivity index (χ4n) is 1.83. The molecule has 1 aromatic heterocycles. The van der Waals surface area contributed by atoms with Gasteiger partial charge in [-0.25, -0.2) is 0 Å². The second kappa shape index (κ2) is 4.08. The quantitative estimate of drug-likeness (QED) is 0.757. The fourth-order valence-corrected chi connectivity index (χ4v) is 1.83. The first-order valence-electron chi connectivity index (χ1n) is 5.45. The predicted octanol–water partition coefficient (Wildman–Crippen LogP) is 0.984. The van der Waals surface area contributed by atoms with Gasteiger partial charge in [0.05, 0.1) is 12.1 Å². The molecular weight excluding hydrogens is 206 g/mol. The van der Waals surface area contributed by atoms with Crippen molar-refractivity contribution >= 4 is 11.8 Å². The van der Waals surface area contributed by atoms with Gasteiger partial charge < -0.3 is 0 Å². The van der Waals surface area contributed by atoms with Gasteiger partial charge in [-0.1, -0.05) is 0 Å². The number of carbonyl (C=O) groups excluding carboxylic acids is 2. The van der Waals surface area contributed by atoms with Crippen LogP contribution in [0.3, 0.4) is 0 Å². The third kappa shape index (κ3) is 1.98. The second-order valence-corrected chi connectivity index (χ2v) is 4.35. The van der Waals surface area contributed by atoms with Crippen molar-refractivity contribution in [2.75, 3.05) is 0 Å². The number of hydrogen-bond acceptors (Lipinski definition) is 3. The van der Waals surface area contributed by atoms with Crippen molar-refractivity contribution < 1.29 is 9.59 Å². The van der Waals surface area contributed by atoms with E-state index in [0.717, 1.165) is 5.56 Å². The van der Waals surface area contributed by atoms with Crippen molar-refractivity contribution in [2.45, 2.75) is 38.6 Å². The highest BCUT2D eigenvalue weighted by molar-refractivity contribution is 6.00. The molecule has 1 atom stereocenters. The molecule has 1 N–H and O–H groups in total. The number of nitrogens with one attached hydrogen (secondary N) is 1. The Hall–Kier alpha value is -1.65. The summed E-state index contributed by atoms with van der Waals surface area (Å²) in [5.74, 6) is -0.623. The van der Waals surface area contributed by atoms with Gasteiger partial charge in [0.15, 0.2) is 0 Å². The summed E-state index contributed by atoms with van der Waals surface area (Å²) in [7, 11) is 0. The number of imide groups is 1. The second-order valence-electron chi connectivity index (χ2n) is 4.35. The minimum atomic E-state index is -0.231. The SMILES string of the molecule is CC(C)n1cc(C2CCC(=O)NC2=O)cn1. The number of amides is 2. The topological polar surface area (TPSA) is 64.0 Å². The van der Waals surface area contributed by atoms with Gasteiger partial charge in [0.1, 0.15) is 0 Å². The summed E-state index contributed by atoms with van der Waals surface area (Å²) in [4.78, 5) is 22.6. The normalized spacial score (nSPS) is 21.3. The molecule has 0 aliphatic carbocycles. The van der Waals surface area contributed by atoms with E-state index >= 15 is 0 Å². The lowest BCUT2D eigenvalue weighted by molar-refractivity contribution is -0.134. The molecule has 0 aromatic carbocycles. The minimum Gasteiger partial charge on any atom is -0.296 e. The summed E-state index contributed by atoms with van der Waals surface area (Å²) < 4.78 is 1.82. The third-order valence-electron chi connectivity index (χ3n) is 2.79. The molecule has 2 heterocycles. The standard InChI is InChI=1S/C11H15N3O2/c1-7(2)14-6-8(5-12-14)9-3-4-10(15)13-11(9)16/h5-7,9H,3-4H2,1-2H3,(H,13,15,16). The Morgan fingerprint density at radius 1 is 1.50 bits per heavy atom. The van der Waals surface area contributed by atoms with Gasteiger partial charge >= 0.3 is 0 Å². The molecule has 1 saturated heterocycles. The zero-order valence-corrected chi connectivity index (χ0v) is 9.43.